The van der Waals surface area contributed by atoms with Crippen LogP contribution in [0, 0.1) is 11.8 Å². The quantitative estimate of drug-likeness (QED) is 0.581. The molecule has 0 aromatic heterocycles. The van der Waals surface area contributed by atoms with Gasteiger partial charge in [-0.15, -0.1) is 0 Å². The smallest absolute Gasteiger partial charge is 0.317 e. The molecule has 1 saturated carbocycles. The Morgan fingerprint density at radius 1 is 1.10 bits per heavy atom. The van der Waals surface area contributed by atoms with Crippen LogP contribution in [0.3, 0.4) is 0 Å². The highest BCUT2D eigenvalue weighted by atomic mass is 16.6. The van der Waals surface area contributed by atoms with Gasteiger partial charge in [0, 0.05) is 12.3 Å². The predicted molar refractivity (Wildman–Crippen MR) is 101 cm³/mol. The van der Waals surface area contributed by atoms with Crippen molar-refractivity contribution in [1.82, 2.24) is 0 Å². The van der Waals surface area contributed by atoms with E-state index in [2.05, 4.69) is 0 Å². The van der Waals surface area contributed by atoms with Gasteiger partial charge in [-0.3, -0.25) is 14.4 Å². The lowest BCUT2D eigenvalue weighted by Crippen LogP contribution is -2.55. The molecule has 1 heterocycles. The number of ether oxygens (including phenoxy) is 4. The number of benzene rings is 1. The Balaban J connectivity index is 2.12. The minimum atomic E-state index is -1.68. The molecule has 8 nitrogen and oxygen atoms in total. The van der Waals surface area contributed by atoms with Gasteiger partial charge in [-0.25, -0.2) is 0 Å². The molecule has 0 amide bonds. The first-order chi connectivity index (χ1) is 13.8. The summed E-state index contributed by atoms with van der Waals surface area (Å²) in [6, 6.07) is 4.99. The van der Waals surface area contributed by atoms with Gasteiger partial charge < -0.3 is 24.1 Å². The third-order valence-electron chi connectivity index (χ3n) is 5.30. The molecule has 0 bridgehead atoms. The largest absolute Gasteiger partial charge is 0.486 e. The van der Waals surface area contributed by atoms with Gasteiger partial charge in [0.25, 0.3) is 0 Å². The Kier molecular flexibility index (Phi) is 6.12. The fraction of sp³-hybridized carbons (Fsp3) is 0.571. The Bertz CT molecular complexity index is 800. The number of carbonyl (C=O) groups is 3. The van der Waals surface area contributed by atoms with Crippen LogP contribution in [0.4, 0.5) is 0 Å². The molecular formula is C21H26O8. The summed E-state index contributed by atoms with van der Waals surface area (Å²) < 4.78 is 21.5. The standard InChI is InChI=1S/C21H26O8/c1-4-26-19(23)17-13(22)11-21(3,25)18(20(24)27-5-2)16(17)12-6-7-14-15(10-12)29-9-8-28-14/h6-7,10,16-18,25H,4-5,8-9,11H2,1-3H3. The van der Waals surface area contributed by atoms with E-state index < -0.39 is 41.1 Å². The SMILES string of the molecule is CCOC(=O)C1C(=O)CC(C)(O)C(C(=O)OCC)C1c1ccc2c(c1)OCCO2. The molecule has 0 radical (unpaired) electrons. The van der Waals surface area contributed by atoms with Crippen molar-refractivity contribution in [3.8, 4) is 11.5 Å². The summed E-state index contributed by atoms with van der Waals surface area (Å²) in [5.41, 5.74) is -1.18. The first-order valence-electron chi connectivity index (χ1n) is 9.78. The monoisotopic (exact) mass is 406 g/mol. The van der Waals surface area contributed by atoms with E-state index in [9.17, 15) is 19.5 Å². The molecular weight excluding hydrogens is 380 g/mol. The maximum atomic E-state index is 12.9. The van der Waals surface area contributed by atoms with Crippen molar-refractivity contribution >= 4 is 17.7 Å². The summed E-state index contributed by atoms with van der Waals surface area (Å²) in [5.74, 6) is -4.19. The lowest BCUT2D eigenvalue weighted by molar-refractivity contribution is -0.172. The van der Waals surface area contributed by atoms with Crippen LogP contribution in [0.2, 0.25) is 0 Å². The second-order valence-corrected chi connectivity index (χ2v) is 7.39. The van der Waals surface area contributed by atoms with E-state index in [1.54, 1.807) is 32.0 Å². The molecule has 0 spiro atoms. The molecule has 8 heteroatoms. The predicted octanol–water partition coefficient (Wildman–Crippen LogP) is 1.62. The summed E-state index contributed by atoms with van der Waals surface area (Å²) >= 11 is 0. The molecule has 1 aromatic carbocycles. The molecule has 0 saturated heterocycles. The third kappa shape index (κ3) is 4.07. The van der Waals surface area contributed by atoms with E-state index in [-0.39, 0.29) is 19.6 Å². The Labute approximate surface area is 169 Å². The summed E-state index contributed by atoms with van der Waals surface area (Å²) in [5, 5.41) is 11.0. The first kappa shape index (κ1) is 21.1. The number of Topliss-reactive ketones (excluding diaryl/α,β-unsaturated/α-hetero) is 1. The van der Waals surface area contributed by atoms with Crippen molar-refractivity contribution in [3.63, 3.8) is 0 Å². The van der Waals surface area contributed by atoms with Crippen LogP contribution in [0.15, 0.2) is 18.2 Å². The van der Waals surface area contributed by atoms with Crippen LogP contribution >= 0.6 is 0 Å². The summed E-state index contributed by atoms with van der Waals surface area (Å²) in [6.45, 7) is 5.69. The summed E-state index contributed by atoms with van der Waals surface area (Å²) in [4.78, 5) is 38.4. The number of ketones is 1. The molecule has 4 unspecified atom stereocenters. The molecule has 4 atom stereocenters. The Hall–Kier alpha value is -2.61. The number of hydrogen-bond donors (Lipinski definition) is 1. The van der Waals surface area contributed by atoms with Gasteiger partial charge in [0.05, 0.1) is 24.7 Å². The molecule has 1 fully saturated rings. The summed E-state index contributed by atoms with van der Waals surface area (Å²) in [6.07, 6.45) is -0.346. The van der Waals surface area contributed by atoms with Crippen LogP contribution in [-0.4, -0.2) is 54.9 Å². The van der Waals surface area contributed by atoms with Gasteiger partial charge in [-0.05, 0) is 38.5 Å². The maximum absolute atomic E-state index is 12.9. The van der Waals surface area contributed by atoms with E-state index in [1.165, 1.54) is 6.92 Å². The average Bonchev–Trinajstić information content (AvgIpc) is 2.66. The van der Waals surface area contributed by atoms with Crippen molar-refractivity contribution in [3.05, 3.63) is 23.8 Å². The van der Waals surface area contributed by atoms with Crippen molar-refractivity contribution in [2.24, 2.45) is 11.8 Å². The molecule has 3 rings (SSSR count). The third-order valence-corrected chi connectivity index (χ3v) is 5.30. The molecule has 1 N–H and O–H groups in total. The van der Waals surface area contributed by atoms with Gasteiger partial charge in [0.1, 0.15) is 19.1 Å². The van der Waals surface area contributed by atoms with Gasteiger partial charge >= 0.3 is 11.9 Å². The number of carbonyl (C=O) groups excluding carboxylic acids is 3. The summed E-state index contributed by atoms with van der Waals surface area (Å²) in [7, 11) is 0. The van der Waals surface area contributed by atoms with Crippen LogP contribution < -0.4 is 9.47 Å². The fourth-order valence-electron chi connectivity index (χ4n) is 4.15. The van der Waals surface area contributed by atoms with E-state index in [0.29, 0.717) is 30.3 Å². The minimum Gasteiger partial charge on any atom is -0.486 e. The van der Waals surface area contributed by atoms with E-state index in [4.69, 9.17) is 18.9 Å². The molecule has 1 aliphatic carbocycles. The number of rotatable bonds is 5. The first-order valence-corrected chi connectivity index (χ1v) is 9.78. The highest BCUT2D eigenvalue weighted by Crippen LogP contribution is 2.48. The maximum Gasteiger partial charge on any atom is 0.317 e. The highest BCUT2D eigenvalue weighted by Gasteiger charge is 2.57. The molecule has 158 valence electrons. The number of hydrogen-bond acceptors (Lipinski definition) is 8. The van der Waals surface area contributed by atoms with Crippen LogP contribution in [0.1, 0.15) is 38.7 Å². The normalized spacial score (nSPS) is 28.6. The lowest BCUT2D eigenvalue weighted by atomic mass is 9.61. The van der Waals surface area contributed by atoms with E-state index in [0.717, 1.165) is 0 Å². The molecule has 1 aromatic rings. The van der Waals surface area contributed by atoms with Crippen molar-refractivity contribution in [1.29, 1.82) is 0 Å². The van der Waals surface area contributed by atoms with Gasteiger partial charge in [0.2, 0.25) is 0 Å². The minimum absolute atomic E-state index is 0.0942. The lowest BCUT2D eigenvalue weighted by Gasteiger charge is -2.43. The van der Waals surface area contributed by atoms with Gasteiger partial charge in [-0.1, -0.05) is 6.07 Å². The number of esters is 2. The van der Waals surface area contributed by atoms with E-state index >= 15 is 0 Å². The second-order valence-electron chi connectivity index (χ2n) is 7.39. The average molecular weight is 406 g/mol. The fourth-order valence-corrected chi connectivity index (χ4v) is 4.15. The van der Waals surface area contributed by atoms with Crippen LogP contribution in [0.5, 0.6) is 11.5 Å². The molecule has 29 heavy (non-hydrogen) atoms. The van der Waals surface area contributed by atoms with Gasteiger partial charge in [0.15, 0.2) is 17.3 Å². The van der Waals surface area contributed by atoms with Crippen molar-refractivity contribution < 1.29 is 38.4 Å². The zero-order valence-corrected chi connectivity index (χ0v) is 16.8. The van der Waals surface area contributed by atoms with E-state index in [1.807, 2.05) is 0 Å². The molecule has 2 aliphatic rings. The van der Waals surface area contributed by atoms with Gasteiger partial charge in [-0.2, -0.15) is 0 Å². The van der Waals surface area contributed by atoms with Crippen molar-refractivity contribution in [2.45, 2.75) is 38.7 Å². The highest BCUT2D eigenvalue weighted by molar-refractivity contribution is 6.02. The Morgan fingerprint density at radius 3 is 2.38 bits per heavy atom. The number of aliphatic hydroxyl groups is 1. The second kappa shape index (κ2) is 8.41. The topological polar surface area (TPSA) is 108 Å². The zero-order chi connectivity index (χ0) is 21.2. The van der Waals surface area contributed by atoms with Crippen LogP contribution in [-0.2, 0) is 23.9 Å². The molecule has 1 aliphatic heterocycles. The Morgan fingerprint density at radius 2 is 1.72 bits per heavy atom. The van der Waals surface area contributed by atoms with Crippen LogP contribution in [0.25, 0.3) is 0 Å². The zero-order valence-electron chi connectivity index (χ0n) is 16.8. The number of fused-ring (bicyclic) bond motifs is 1. The van der Waals surface area contributed by atoms with Crippen molar-refractivity contribution in [2.75, 3.05) is 26.4 Å².